The molecule has 1 aliphatic heterocycles. The van der Waals surface area contributed by atoms with Crippen LogP contribution in [-0.4, -0.2) is 33.4 Å². The molecule has 0 unspecified atom stereocenters. The lowest BCUT2D eigenvalue weighted by Gasteiger charge is -2.31. The molecule has 1 aliphatic rings. The van der Waals surface area contributed by atoms with Gasteiger partial charge in [-0.3, -0.25) is 9.69 Å². The Morgan fingerprint density at radius 2 is 1.86 bits per heavy atom. The van der Waals surface area contributed by atoms with Gasteiger partial charge in [0.2, 0.25) is 5.91 Å². The first-order valence-corrected chi connectivity index (χ1v) is 12.8. The van der Waals surface area contributed by atoms with Gasteiger partial charge in [-0.1, -0.05) is 54.9 Å². The number of hydrogen-bond acceptors (Lipinski definition) is 3. The topological polar surface area (TPSA) is 50.2 Å². The molecule has 1 atom stereocenters. The molecule has 5 nitrogen and oxygen atoms in total. The number of carbonyl (C=O) groups excluding carboxylic acids is 1. The summed E-state index contributed by atoms with van der Waals surface area (Å²) in [6.45, 7) is 5.29. The van der Waals surface area contributed by atoms with Crippen LogP contribution in [0, 0.1) is 5.92 Å². The van der Waals surface area contributed by atoms with Gasteiger partial charge in [0, 0.05) is 23.8 Å². The molecule has 1 N–H and O–H groups in total. The van der Waals surface area contributed by atoms with Crippen LogP contribution in [0.4, 0.5) is 5.69 Å². The molecule has 0 bridgehead atoms. The van der Waals surface area contributed by atoms with Crippen molar-refractivity contribution in [3.8, 4) is 0 Å². The van der Waals surface area contributed by atoms with Crippen LogP contribution in [0.3, 0.4) is 0 Å². The van der Waals surface area contributed by atoms with Crippen molar-refractivity contribution in [1.29, 1.82) is 0 Å². The second kappa shape index (κ2) is 10.6. The Balaban J connectivity index is 1.32. The van der Waals surface area contributed by atoms with Gasteiger partial charge in [-0.15, -0.1) is 0 Å². The number of nitrogens with one attached hydrogen (secondary N) is 1. The number of imidazole rings is 1. The lowest BCUT2D eigenvalue weighted by molar-refractivity contribution is -0.121. The molecule has 0 saturated carbocycles. The second-order valence-corrected chi connectivity index (χ2v) is 9.78. The minimum Gasteiger partial charge on any atom is -0.326 e. The second-order valence-electron chi connectivity index (χ2n) is 9.35. The highest BCUT2D eigenvalue weighted by Crippen LogP contribution is 2.24. The fourth-order valence-corrected chi connectivity index (χ4v) is 5.05. The maximum Gasteiger partial charge on any atom is 0.228 e. The van der Waals surface area contributed by atoms with E-state index in [1.165, 1.54) is 11.1 Å². The lowest BCUT2D eigenvalue weighted by atomic mass is 9.97. The number of nitrogens with zero attached hydrogens (tertiary/aromatic N) is 3. The zero-order chi connectivity index (χ0) is 24.2. The number of aromatic nitrogens is 2. The van der Waals surface area contributed by atoms with Gasteiger partial charge in [0.05, 0.1) is 23.5 Å². The molecular weight excluding hydrogens is 456 g/mol. The fourth-order valence-electron chi connectivity index (χ4n) is 4.92. The van der Waals surface area contributed by atoms with Crippen molar-refractivity contribution in [2.24, 2.45) is 5.92 Å². The number of fused-ring (bicyclic) bond motifs is 1. The fraction of sp³-hybridized carbons (Fsp3) is 0.310. The number of halogens is 1. The number of benzene rings is 3. The van der Waals surface area contributed by atoms with Crippen molar-refractivity contribution >= 4 is 34.2 Å². The quantitative estimate of drug-likeness (QED) is 0.341. The number of aryl methyl sites for hydroxylation is 1. The van der Waals surface area contributed by atoms with Crippen molar-refractivity contribution < 1.29 is 4.79 Å². The van der Waals surface area contributed by atoms with Crippen LogP contribution in [0.25, 0.3) is 11.0 Å². The van der Waals surface area contributed by atoms with E-state index in [1.54, 1.807) is 0 Å². The van der Waals surface area contributed by atoms with E-state index >= 15 is 0 Å². The normalized spacial score (nSPS) is 16.5. The van der Waals surface area contributed by atoms with E-state index in [0.29, 0.717) is 0 Å². The van der Waals surface area contributed by atoms with Gasteiger partial charge < -0.3 is 9.88 Å². The Labute approximate surface area is 211 Å². The Hall–Kier alpha value is -3.15. The first-order valence-electron chi connectivity index (χ1n) is 12.4. The molecule has 4 aromatic rings. The average Bonchev–Trinajstić information content (AvgIpc) is 3.22. The highest BCUT2D eigenvalue weighted by Gasteiger charge is 2.27. The van der Waals surface area contributed by atoms with Gasteiger partial charge in [-0.2, -0.15) is 0 Å². The van der Waals surface area contributed by atoms with Crippen molar-refractivity contribution in [1.82, 2.24) is 14.5 Å². The van der Waals surface area contributed by atoms with Gasteiger partial charge in [0.25, 0.3) is 0 Å². The summed E-state index contributed by atoms with van der Waals surface area (Å²) in [5.74, 6) is 1.11. The summed E-state index contributed by atoms with van der Waals surface area (Å²) in [6.07, 6.45) is 2.87. The summed E-state index contributed by atoms with van der Waals surface area (Å²) in [5, 5.41) is 3.88. The number of para-hydroxylation sites is 2. The Morgan fingerprint density at radius 3 is 2.69 bits per heavy atom. The summed E-state index contributed by atoms with van der Waals surface area (Å²) in [7, 11) is 0. The SMILES string of the molecule is CCc1cccc(NC(=O)[C@H]2CCCN(Cc3nc4ccccc4n3Cc3ccc(Cl)cc3)C2)c1. The maximum atomic E-state index is 13.1. The van der Waals surface area contributed by atoms with Gasteiger partial charge in [0.1, 0.15) is 5.82 Å². The summed E-state index contributed by atoms with van der Waals surface area (Å²) in [5.41, 5.74) is 5.42. The summed E-state index contributed by atoms with van der Waals surface area (Å²) >= 11 is 6.10. The van der Waals surface area contributed by atoms with Crippen molar-refractivity contribution in [2.75, 3.05) is 18.4 Å². The van der Waals surface area contributed by atoms with E-state index in [2.05, 4.69) is 64.2 Å². The molecule has 1 aromatic heterocycles. The van der Waals surface area contributed by atoms with Gasteiger partial charge in [0.15, 0.2) is 0 Å². The van der Waals surface area contributed by atoms with Crippen molar-refractivity contribution in [3.63, 3.8) is 0 Å². The molecule has 1 saturated heterocycles. The maximum absolute atomic E-state index is 13.1. The number of hydrogen-bond donors (Lipinski definition) is 1. The minimum atomic E-state index is -0.0249. The Kier molecular flexibility index (Phi) is 7.16. The summed E-state index contributed by atoms with van der Waals surface area (Å²) < 4.78 is 2.29. The standard InChI is InChI=1S/C29H31ClN4O/c1-2-21-7-5-9-25(17-21)31-29(35)23-8-6-16-33(19-23)20-28-32-26-10-3-4-11-27(26)34(28)18-22-12-14-24(30)15-13-22/h3-5,7,9-15,17,23H,2,6,8,16,18-20H2,1H3,(H,31,35)/t23-/m0/s1. The average molecular weight is 487 g/mol. The van der Waals surface area contributed by atoms with E-state index in [9.17, 15) is 4.79 Å². The van der Waals surface area contributed by atoms with Crippen LogP contribution in [0.2, 0.25) is 5.02 Å². The Morgan fingerprint density at radius 1 is 1.03 bits per heavy atom. The molecule has 3 aromatic carbocycles. The molecule has 35 heavy (non-hydrogen) atoms. The number of amides is 1. The van der Waals surface area contributed by atoms with Crippen LogP contribution in [0.15, 0.2) is 72.8 Å². The van der Waals surface area contributed by atoms with Crippen LogP contribution in [-0.2, 0) is 24.3 Å². The van der Waals surface area contributed by atoms with Gasteiger partial charge in [-0.25, -0.2) is 4.98 Å². The highest BCUT2D eigenvalue weighted by molar-refractivity contribution is 6.30. The third kappa shape index (κ3) is 5.58. The van der Waals surface area contributed by atoms with E-state index < -0.39 is 0 Å². The first-order chi connectivity index (χ1) is 17.1. The molecular formula is C29H31ClN4O. The molecule has 1 amide bonds. The molecule has 1 fully saturated rings. The van der Waals surface area contributed by atoms with Crippen molar-refractivity contribution in [2.45, 2.75) is 39.3 Å². The molecule has 5 rings (SSSR count). The zero-order valence-electron chi connectivity index (χ0n) is 20.1. The molecule has 2 heterocycles. The van der Waals surface area contributed by atoms with Crippen LogP contribution < -0.4 is 5.32 Å². The molecule has 0 radical (unpaired) electrons. The molecule has 180 valence electrons. The molecule has 0 aliphatic carbocycles. The number of piperidine rings is 1. The summed E-state index contributed by atoms with van der Waals surface area (Å²) in [4.78, 5) is 20.4. The number of likely N-dealkylation sites (tertiary alicyclic amines) is 1. The third-order valence-corrected chi connectivity index (χ3v) is 7.08. The van der Waals surface area contributed by atoms with E-state index in [4.69, 9.17) is 16.6 Å². The lowest BCUT2D eigenvalue weighted by Crippen LogP contribution is -2.40. The van der Waals surface area contributed by atoms with Crippen molar-refractivity contribution in [3.05, 3.63) is 94.8 Å². The van der Waals surface area contributed by atoms with Crippen LogP contribution in [0.5, 0.6) is 0 Å². The predicted molar refractivity (Wildman–Crippen MR) is 143 cm³/mol. The third-order valence-electron chi connectivity index (χ3n) is 6.83. The van der Waals surface area contributed by atoms with E-state index in [0.717, 1.165) is 73.0 Å². The number of anilines is 1. The van der Waals surface area contributed by atoms with E-state index in [-0.39, 0.29) is 11.8 Å². The van der Waals surface area contributed by atoms with Gasteiger partial charge >= 0.3 is 0 Å². The predicted octanol–water partition coefficient (Wildman–Crippen LogP) is 6.15. The highest BCUT2D eigenvalue weighted by atomic mass is 35.5. The smallest absolute Gasteiger partial charge is 0.228 e. The van der Waals surface area contributed by atoms with Crippen LogP contribution >= 0.6 is 11.6 Å². The molecule has 0 spiro atoms. The minimum absolute atomic E-state index is 0.0249. The first kappa shape index (κ1) is 23.6. The summed E-state index contributed by atoms with van der Waals surface area (Å²) in [6, 6.07) is 24.4. The largest absolute Gasteiger partial charge is 0.326 e. The van der Waals surface area contributed by atoms with E-state index in [1.807, 2.05) is 30.3 Å². The zero-order valence-corrected chi connectivity index (χ0v) is 20.8. The number of carbonyl (C=O) groups is 1. The number of rotatable bonds is 7. The molecule has 6 heteroatoms. The monoisotopic (exact) mass is 486 g/mol. The van der Waals surface area contributed by atoms with Crippen LogP contribution in [0.1, 0.15) is 36.7 Å². The van der Waals surface area contributed by atoms with Gasteiger partial charge in [-0.05, 0) is 73.3 Å². The Bertz CT molecular complexity index is 1310.